The maximum Gasteiger partial charge on any atom is 0.244 e. The summed E-state index contributed by atoms with van der Waals surface area (Å²) in [6.45, 7) is 1.48. The monoisotopic (exact) mass is 316 g/mol. The van der Waals surface area contributed by atoms with E-state index >= 15 is 0 Å². The highest BCUT2D eigenvalue weighted by atomic mass is 16.5. The Bertz CT molecular complexity index is 658. The zero-order valence-electron chi connectivity index (χ0n) is 13.3. The molecule has 2 aromatic heterocycles. The van der Waals surface area contributed by atoms with E-state index in [0.717, 1.165) is 18.0 Å². The lowest BCUT2D eigenvalue weighted by Crippen LogP contribution is -2.33. The lowest BCUT2D eigenvalue weighted by atomic mass is 10.3. The molecule has 3 rings (SSSR count). The summed E-state index contributed by atoms with van der Waals surface area (Å²) >= 11 is 0. The quantitative estimate of drug-likeness (QED) is 0.796. The minimum atomic E-state index is -0.0161. The normalized spacial score (nSPS) is 17.3. The van der Waals surface area contributed by atoms with Gasteiger partial charge in [-0.2, -0.15) is 0 Å². The van der Waals surface area contributed by atoms with Crippen molar-refractivity contribution in [2.45, 2.75) is 19.1 Å². The molecule has 0 aliphatic carbocycles. The fourth-order valence-corrected chi connectivity index (χ4v) is 2.60. The molecule has 0 radical (unpaired) electrons. The van der Waals surface area contributed by atoms with E-state index in [2.05, 4.69) is 15.3 Å². The van der Waals surface area contributed by atoms with Gasteiger partial charge in [-0.05, 0) is 12.1 Å². The number of pyridine rings is 1. The second kappa shape index (κ2) is 6.64. The van der Waals surface area contributed by atoms with Gasteiger partial charge in [0.15, 0.2) is 11.6 Å². The van der Waals surface area contributed by atoms with E-state index in [0.29, 0.717) is 13.1 Å². The number of rotatable bonds is 5. The molecule has 1 aliphatic heterocycles. The Kier molecular flexibility index (Phi) is 4.40. The fourth-order valence-electron chi connectivity index (χ4n) is 2.60. The van der Waals surface area contributed by atoms with Crippen LogP contribution in [0.25, 0.3) is 0 Å². The Morgan fingerprint density at radius 1 is 1.43 bits per heavy atom. The van der Waals surface area contributed by atoms with Crippen molar-refractivity contribution < 1.29 is 9.53 Å². The highest BCUT2D eigenvalue weighted by Crippen LogP contribution is 2.26. The summed E-state index contributed by atoms with van der Waals surface area (Å²) in [5, 5.41) is 7.52. The highest BCUT2D eigenvalue weighted by Gasteiger charge is 2.28. The van der Waals surface area contributed by atoms with Crippen LogP contribution in [0.5, 0.6) is 5.75 Å². The van der Waals surface area contributed by atoms with Crippen LogP contribution in [0.4, 0.5) is 5.82 Å². The summed E-state index contributed by atoms with van der Waals surface area (Å²) in [4.78, 5) is 20.3. The van der Waals surface area contributed by atoms with Gasteiger partial charge in [0.1, 0.15) is 12.6 Å². The van der Waals surface area contributed by atoms with E-state index < -0.39 is 0 Å². The lowest BCUT2D eigenvalue weighted by Gasteiger charge is -2.20. The maximum absolute atomic E-state index is 12.2. The largest absolute Gasteiger partial charge is 0.485 e. The van der Waals surface area contributed by atoms with Gasteiger partial charge in [-0.3, -0.25) is 4.79 Å². The number of hydrogen-bond acceptors (Lipinski definition) is 6. The van der Waals surface area contributed by atoms with Crippen molar-refractivity contribution in [2.75, 3.05) is 32.1 Å². The summed E-state index contributed by atoms with van der Waals surface area (Å²) < 4.78 is 7.58. The molecule has 2 aromatic rings. The third-order valence-corrected chi connectivity index (χ3v) is 3.74. The molecule has 0 saturated carbocycles. The lowest BCUT2D eigenvalue weighted by molar-refractivity contribution is -0.131. The van der Waals surface area contributed by atoms with Crippen molar-refractivity contribution in [3.8, 4) is 5.75 Å². The molecule has 1 saturated heterocycles. The van der Waals surface area contributed by atoms with Gasteiger partial charge in [-0.1, -0.05) is 5.21 Å². The molecule has 1 amide bonds. The molecule has 0 spiro atoms. The molecule has 0 unspecified atom stereocenters. The van der Waals surface area contributed by atoms with Crippen molar-refractivity contribution in [1.29, 1.82) is 0 Å². The summed E-state index contributed by atoms with van der Waals surface area (Å²) in [7, 11) is 3.86. The molecule has 1 aliphatic rings. The molecule has 122 valence electrons. The number of hydrogen-bond donors (Lipinski definition) is 0. The molecule has 3 heterocycles. The number of carbonyl (C=O) groups excluding carboxylic acids is 1. The Labute approximate surface area is 134 Å². The van der Waals surface area contributed by atoms with Gasteiger partial charge in [0.25, 0.3) is 0 Å². The molecule has 0 aromatic carbocycles. The van der Waals surface area contributed by atoms with Crippen molar-refractivity contribution in [3.05, 3.63) is 30.7 Å². The minimum absolute atomic E-state index is 0.0161. The topological polar surface area (TPSA) is 76.4 Å². The van der Waals surface area contributed by atoms with Crippen molar-refractivity contribution in [3.63, 3.8) is 0 Å². The molecule has 8 nitrogen and oxygen atoms in total. The number of ether oxygens (including phenoxy) is 1. The van der Waals surface area contributed by atoms with Gasteiger partial charge in [-0.25, -0.2) is 9.67 Å². The molecule has 23 heavy (non-hydrogen) atoms. The van der Waals surface area contributed by atoms with Crippen LogP contribution in [0.15, 0.2) is 30.7 Å². The average Bonchev–Trinajstić information content (AvgIpc) is 3.19. The van der Waals surface area contributed by atoms with Crippen LogP contribution in [-0.2, 0) is 11.3 Å². The SMILES string of the molecule is CN(C)c1ncccc1O[C@@H]1CCN(C(=O)Cn2ccnn2)C1. The van der Waals surface area contributed by atoms with E-state index in [1.807, 2.05) is 31.1 Å². The zero-order chi connectivity index (χ0) is 16.2. The summed E-state index contributed by atoms with van der Waals surface area (Å²) in [5.41, 5.74) is 0. The van der Waals surface area contributed by atoms with Crippen LogP contribution in [0, 0.1) is 0 Å². The van der Waals surface area contributed by atoms with E-state index in [1.54, 1.807) is 23.5 Å². The summed E-state index contributed by atoms with van der Waals surface area (Å²) in [5.74, 6) is 1.56. The zero-order valence-corrected chi connectivity index (χ0v) is 13.3. The molecular formula is C15H20N6O2. The molecule has 1 fully saturated rings. The Morgan fingerprint density at radius 3 is 3.04 bits per heavy atom. The smallest absolute Gasteiger partial charge is 0.244 e. The van der Waals surface area contributed by atoms with Crippen LogP contribution >= 0.6 is 0 Å². The number of anilines is 1. The highest BCUT2D eigenvalue weighted by molar-refractivity contribution is 5.76. The van der Waals surface area contributed by atoms with Gasteiger partial charge >= 0.3 is 0 Å². The summed E-state index contributed by atoms with van der Waals surface area (Å²) in [6, 6.07) is 3.76. The van der Waals surface area contributed by atoms with E-state index in [1.165, 1.54) is 4.68 Å². The number of nitrogens with zero attached hydrogens (tertiary/aromatic N) is 6. The second-order valence-electron chi connectivity index (χ2n) is 5.69. The standard InChI is InChI=1S/C15H20N6O2/c1-19(2)15-13(4-3-6-16-15)23-12-5-8-20(10-12)14(22)11-21-9-7-17-18-21/h3-4,6-7,9,12H,5,8,10-11H2,1-2H3/t12-/m1/s1. The van der Waals surface area contributed by atoms with E-state index in [4.69, 9.17) is 4.74 Å². The summed E-state index contributed by atoms with van der Waals surface area (Å²) in [6.07, 6.45) is 5.78. The first-order chi connectivity index (χ1) is 11.1. The van der Waals surface area contributed by atoms with Gasteiger partial charge in [0.05, 0.1) is 12.7 Å². The van der Waals surface area contributed by atoms with Crippen molar-refractivity contribution in [1.82, 2.24) is 24.9 Å². The van der Waals surface area contributed by atoms with Gasteiger partial charge in [-0.15, -0.1) is 5.10 Å². The number of carbonyl (C=O) groups is 1. The third kappa shape index (κ3) is 3.58. The molecule has 0 bridgehead atoms. The molecule has 8 heteroatoms. The number of aromatic nitrogens is 4. The van der Waals surface area contributed by atoms with Crippen molar-refractivity contribution >= 4 is 11.7 Å². The Balaban J connectivity index is 1.59. The van der Waals surface area contributed by atoms with Gasteiger partial charge < -0.3 is 14.5 Å². The molecule has 1 atom stereocenters. The molecule has 0 N–H and O–H groups in total. The average molecular weight is 316 g/mol. The van der Waals surface area contributed by atoms with Crippen LogP contribution in [-0.4, -0.2) is 64.1 Å². The predicted octanol–water partition coefficient (Wildman–Crippen LogP) is 0.419. The van der Waals surface area contributed by atoms with Crippen molar-refractivity contribution in [2.24, 2.45) is 0 Å². The van der Waals surface area contributed by atoms with Crippen LogP contribution < -0.4 is 9.64 Å². The van der Waals surface area contributed by atoms with Gasteiger partial charge in [0.2, 0.25) is 5.91 Å². The first-order valence-electron chi connectivity index (χ1n) is 7.54. The number of likely N-dealkylation sites (tertiary alicyclic amines) is 1. The fraction of sp³-hybridized carbons (Fsp3) is 0.467. The van der Waals surface area contributed by atoms with Gasteiger partial charge in [0, 0.05) is 39.5 Å². The van der Waals surface area contributed by atoms with Crippen LogP contribution in [0.2, 0.25) is 0 Å². The maximum atomic E-state index is 12.2. The van der Waals surface area contributed by atoms with Crippen LogP contribution in [0.3, 0.4) is 0 Å². The Morgan fingerprint density at radius 2 is 2.30 bits per heavy atom. The number of amides is 1. The third-order valence-electron chi connectivity index (χ3n) is 3.74. The molecular weight excluding hydrogens is 296 g/mol. The first-order valence-corrected chi connectivity index (χ1v) is 7.54. The van der Waals surface area contributed by atoms with Crippen LogP contribution in [0.1, 0.15) is 6.42 Å². The van der Waals surface area contributed by atoms with E-state index in [-0.39, 0.29) is 18.6 Å². The first kappa shape index (κ1) is 15.3. The predicted molar refractivity (Wildman–Crippen MR) is 84.2 cm³/mol. The Hall–Kier alpha value is -2.64. The second-order valence-corrected chi connectivity index (χ2v) is 5.69. The minimum Gasteiger partial charge on any atom is -0.485 e. The van der Waals surface area contributed by atoms with E-state index in [9.17, 15) is 4.79 Å².